The summed E-state index contributed by atoms with van der Waals surface area (Å²) in [5.41, 5.74) is -1.93. The van der Waals surface area contributed by atoms with Crippen LogP contribution < -0.4 is 4.74 Å². The van der Waals surface area contributed by atoms with Crippen molar-refractivity contribution in [3.8, 4) is 11.6 Å². The highest BCUT2D eigenvalue weighted by Crippen LogP contribution is 2.35. The SMILES string of the molecule is Cc1cc(Br)ccc1Oc1nnc(C(F)(F)F)c(C)c1C(=O)O. The molecule has 9 heteroatoms. The van der Waals surface area contributed by atoms with Gasteiger partial charge in [-0.2, -0.15) is 13.2 Å². The van der Waals surface area contributed by atoms with Gasteiger partial charge in [0.2, 0.25) is 0 Å². The predicted molar refractivity (Wildman–Crippen MR) is 77.7 cm³/mol. The number of carboxylic acid groups (broad SMARTS) is 1. The number of hydrogen-bond acceptors (Lipinski definition) is 4. The predicted octanol–water partition coefficient (Wildman–Crippen LogP) is 4.37. The largest absolute Gasteiger partial charge is 0.477 e. The molecule has 0 aliphatic carbocycles. The van der Waals surface area contributed by atoms with Gasteiger partial charge in [-0.3, -0.25) is 0 Å². The molecule has 1 aromatic heterocycles. The van der Waals surface area contributed by atoms with Crippen LogP contribution in [0.15, 0.2) is 22.7 Å². The van der Waals surface area contributed by atoms with E-state index in [1.165, 1.54) is 0 Å². The van der Waals surface area contributed by atoms with E-state index in [2.05, 4.69) is 26.1 Å². The van der Waals surface area contributed by atoms with Gasteiger partial charge in [0.25, 0.3) is 5.88 Å². The van der Waals surface area contributed by atoms with Crippen molar-refractivity contribution in [1.29, 1.82) is 0 Å². The van der Waals surface area contributed by atoms with E-state index in [-0.39, 0.29) is 5.75 Å². The number of aromatic carboxylic acids is 1. The fraction of sp³-hybridized carbons (Fsp3) is 0.214. The molecular weight excluding hydrogens is 381 g/mol. The van der Waals surface area contributed by atoms with Crippen molar-refractivity contribution in [2.75, 3.05) is 0 Å². The van der Waals surface area contributed by atoms with Crippen LogP contribution in [0.3, 0.4) is 0 Å². The Morgan fingerprint density at radius 1 is 1.26 bits per heavy atom. The summed E-state index contributed by atoms with van der Waals surface area (Å²) in [7, 11) is 0. The lowest BCUT2D eigenvalue weighted by Crippen LogP contribution is -2.17. The molecular formula is C14H10BrF3N2O3. The maximum Gasteiger partial charge on any atom is 0.435 e. The van der Waals surface area contributed by atoms with E-state index in [0.717, 1.165) is 11.4 Å². The first-order chi connectivity index (χ1) is 10.6. The lowest BCUT2D eigenvalue weighted by molar-refractivity contribution is -0.142. The molecule has 0 bridgehead atoms. The lowest BCUT2D eigenvalue weighted by atomic mass is 10.1. The second-order valence-corrected chi connectivity index (χ2v) is 5.58. The molecule has 1 N–H and O–H groups in total. The highest BCUT2D eigenvalue weighted by atomic mass is 79.9. The highest BCUT2D eigenvalue weighted by molar-refractivity contribution is 9.10. The summed E-state index contributed by atoms with van der Waals surface area (Å²) in [5, 5.41) is 15.6. The second kappa shape index (κ2) is 6.15. The molecule has 0 saturated carbocycles. The van der Waals surface area contributed by atoms with Crippen LogP contribution in [0.5, 0.6) is 11.6 Å². The summed E-state index contributed by atoms with van der Waals surface area (Å²) in [6, 6.07) is 4.90. The zero-order valence-corrected chi connectivity index (χ0v) is 13.5. The van der Waals surface area contributed by atoms with Gasteiger partial charge in [-0.25, -0.2) is 4.79 Å². The Bertz CT molecular complexity index is 779. The number of ether oxygens (including phenoxy) is 1. The maximum absolute atomic E-state index is 12.8. The first kappa shape index (κ1) is 17.2. The molecule has 0 amide bonds. The van der Waals surface area contributed by atoms with Crippen molar-refractivity contribution in [1.82, 2.24) is 10.2 Å². The third-order valence-electron chi connectivity index (χ3n) is 3.01. The van der Waals surface area contributed by atoms with Crippen LogP contribution in [0, 0.1) is 13.8 Å². The first-order valence-corrected chi connectivity index (χ1v) is 7.02. The van der Waals surface area contributed by atoms with Crippen molar-refractivity contribution in [2.24, 2.45) is 0 Å². The summed E-state index contributed by atoms with van der Waals surface area (Å²) in [6.45, 7) is 2.72. The fourth-order valence-corrected chi connectivity index (χ4v) is 2.40. The molecule has 1 aromatic carbocycles. The summed E-state index contributed by atoms with van der Waals surface area (Å²) in [4.78, 5) is 11.3. The van der Waals surface area contributed by atoms with Crippen molar-refractivity contribution < 1.29 is 27.8 Å². The van der Waals surface area contributed by atoms with Gasteiger partial charge in [-0.15, -0.1) is 10.2 Å². The smallest absolute Gasteiger partial charge is 0.435 e. The molecule has 1 heterocycles. The topological polar surface area (TPSA) is 72.3 Å². The van der Waals surface area contributed by atoms with Gasteiger partial charge in [0, 0.05) is 10.0 Å². The zero-order valence-electron chi connectivity index (χ0n) is 11.9. The van der Waals surface area contributed by atoms with Gasteiger partial charge in [0.15, 0.2) is 5.69 Å². The van der Waals surface area contributed by atoms with Gasteiger partial charge in [0.1, 0.15) is 11.3 Å². The zero-order chi connectivity index (χ0) is 17.4. The number of hydrogen-bond donors (Lipinski definition) is 1. The number of aryl methyl sites for hydroxylation is 1. The molecule has 23 heavy (non-hydrogen) atoms. The molecule has 0 unspecified atom stereocenters. The van der Waals surface area contributed by atoms with Crippen molar-refractivity contribution in [3.05, 3.63) is 45.1 Å². The molecule has 0 saturated heterocycles. The van der Waals surface area contributed by atoms with Gasteiger partial charge in [0.05, 0.1) is 0 Å². The van der Waals surface area contributed by atoms with Crippen LogP contribution in [0.1, 0.15) is 27.2 Å². The Labute approximate surface area is 137 Å². The minimum atomic E-state index is -4.80. The monoisotopic (exact) mass is 390 g/mol. The molecule has 0 fully saturated rings. The van der Waals surface area contributed by atoms with E-state index in [9.17, 15) is 23.1 Å². The molecule has 122 valence electrons. The van der Waals surface area contributed by atoms with E-state index < -0.39 is 34.8 Å². The Kier molecular flexibility index (Phi) is 4.60. The normalized spacial score (nSPS) is 11.4. The first-order valence-electron chi connectivity index (χ1n) is 6.23. The Morgan fingerprint density at radius 2 is 1.91 bits per heavy atom. The van der Waals surface area contributed by atoms with Gasteiger partial charge in [-0.05, 0) is 37.6 Å². The van der Waals surface area contributed by atoms with Crippen molar-refractivity contribution >= 4 is 21.9 Å². The molecule has 0 aliphatic rings. The Hall–Kier alpha value is -2.16. The van der Waals surface area contributed by atoms with E-state index in [4.69, 9.17) is 4.74 Å². The van der Waals surface area contributed by atoms with Gasteiger partial charge in [-0.1, -0.05) is 15.9 Å². The average molecular weight is 391 g/mol. The molecule has 2 aromatic rings. The molecule has 0 radical (unpaired) electrons. The van der Waals surface area contributed by atoms with Crippen LogP contribution >= 0.6 is 15.9 Å². The minimum absolute atomic E-state index is 0.268. The van der Waals surface area contributed by atoms with Gasteiger partial charge >= 0.3 is 12.1 Å². The van der Waals surface area contributed by atoms with Crippen LogP contribution in [0.4, 0.5) is 13.2 Å². The number of halogens is 4. The lowest BCUT2D eigenvalue weighted by Gasteiger charge is -2.14. The number of alkyl halides is 3. The van der Waals surface area contributed by atoms with E-state index in [1.807, 2.05) is 0 Å². The molecule has 0 spiro atoms. The quantitative estimate of drug-likeness (QED) is 0.842. The average Bonchev–Trinajstić information content (AvgIpc) is 2.40. The maximum atomic E-state index is 12.8. The van der Waals surface area contributed by atoms with Crippen LogP contribution in [-0.2, 0) is 6.18 Å². The van der Waals surface area contributed by atoms with Crippen LogP contribution in [0.25, 0.3) is 0 Å². The van der Waals surface area contributed by atoms with Crippen molar-refractivity contribution in [3.63, 3.8) is 0 Å². The summed E-state index contributed by atoms with van der Waals surface area (Å²) in [5.74, 6) is -1.80. The number of aromatic nitrogens is 2. The molecule has 0 atom stereocenters. The second-order valence-electron chi connectivity index (χ2n) is 4.67. The minimum Gasteiger partial charge on any atom is -0.477 e. The number of carboxylic acids is 1. The van der Waals surface area contributed by atoms with E-state index in [1.54, 1.807) is 25.1 Å². The Balaban J connectivity index is 2.55. The summed E-state index contributed by atoms with van der Waals surface area (Å²) in [6.07, 6.45) is -4.80. The van der Waals surface area contributed by atoms with Gasteiger partial charge < -0.3 is 9.84 Å². The number of benzene rings is 1. The summed E-state index contributed by atoms with van der Waals surface area (Å²) < 4.78 is 44.6. The molecule has 2 rings (SSSR count). The highest BCUT2D eigenvalue weighted by Gasteiger charge is 2.38. The summed E-state index contributed by atoms with van der Waals surface area (Å²) >= 11 is 3.26. The van der Waals surface area contributed by atoms with Crippen molar-refractivity contribution in [2.45, 2.75) is 20.0 Å². The standard InChI is InChI=1S/C14H10BrF3N2O3/c1-6-5-8(15)3-4-9(6)23-12-10(13(21)22)7(2)11(19-20-12)14(16,17)18/h3-5H,1-2H3,(H,21,22). The van der Waals surface area contributed by atoms with Crippen LogP contribution in [0.2, 0.25) is 0 Å². The van der Waals surface area contributed by atoms with Crippen LogP contribution in [-0.4, -0.2) is 21.3 Å². The Morgan fingerprint density at radius 3 is 2.43 bits per heavy atom. The number of carbonyl (C=O) groups is 1. The van der Waals surface area contributed by atoms with E-state index >= 15 is 0 Å². The third-order valence-corrected chi connectivity index (χ3v) is 3.50. The third kappa shape index (κ3) is 3.61. The fourth-order valence-electron chi connectivity index (χ4n) is 1.92. The molecule has 0 aliphatic heterocycles. The number of rotatable bonds is 3. The van der Waals surface area contributed by atoms with E-state index in [0.29, 0.717) is 5.56 Å². The molecule has 5 nitrogen and oxygen atoms in total. The number of nitrogens with zero attached hydrogens (tertiary/aromatic N) is 2.